The van der Waals surface area contributed by atoms with Crippen LogP contribution in [-0.4, -0.2) is 37.1 Å². The van der Waals surface area contributed by atoms with Crippen LogP contribution >= 0.6 is 0 Å². The third-order valence-corrected chi connectivity index (χ3v) is 12.5. The van der Waals surface area contributed by atoms with Crippen molar-refractivity contribution < 1.29 is 47.6 Å². The maximum atomic E-state index is 13.2. The minimum absolute atomic E-state index is 0.248. The molecule has 6 rings (SSSR count). The zero-order chi connectivity index (χ0) is 50.6. The van der Waals surface area contributed by atoms with Gasteiger partial charge in [0.25, 0.3) is 0 Å². The highest BCUT2D eigenvalue weighted by Crippen LogP contribution is 2.26. The van der Waals surface area contributed by atoms with E-state index in [1.54, 1.807) is 84.9 Å². The second-order valence-corrected chi connectivity index (χ2v) is 18.4. The van der Waals surface area contributed by atoms with E-state index in [4.69, 9.17) is 28.4 Å². The first kappa shape index (κ1) is 54.4. The van der Waals surface area contributed by atoms with Crippen LogP contribution in [0.15, 0.2) is 133 Å². The molecule has 6 aromatic rings. The fraction of sp³-hybridized carbons (Fsp3) is 0.387. The first-order chi connectivity index (χ1) is 35.3. The maximum Gasteiger partial charge on any atom is 0.343 e. The van der Waals surface area contributed by atoms with Crippen LogP contribution in [0.2, 0.25) is 0 Å². The van der Waals surface area contributed by atoms with Crippen molar-refractivity contribution in [2.24, 2.45) is 0 Å². The van der Waals surface area contributed by atoms with Gasteiger partial charge >= 0.3 is 23.9 Å². The molecule has 10 heteroatoms. The molecule has 380 valence electrons. The van der Waals surface area contributed by atoms with E-state index in [0.29, 0.717) is 41.2 Å². The number of hydrogen-bond donors (Lipinski definition) is 0. The van der Waals surface area contributed by atoms with Crippen molar-refractivity contribution in [1.29, 1.82) is 0 Å². The molecule has 0 aliphatic carbocycles. The number of ether oxygens (including phenoxy) is 6. The lowest BCUT2D eigenvalue weighted by Gasteiger charge is -2.09. The van der Waals surface area contributed by atoms with Gasteiger partial charge < -0.3 is 28.4 Å². The molecule has 0 saturated carbocycles. The van der Waals surface area contributed by atoms with E-state index in [1.807, 2.05) is 0 Å². The highest BCUT2D eigenvalue weighted by molar-refractivity contribution is 5.98. The Morgan fingerprint density at radius 3 is 0.958 bits per heavy atom. The largest absolute Gasteiger partial charge is 0.494 e. The number of fused-ring (bicyclic) bond motifs is 1. The van der Waals surface area contributed by atoms with Gasteiger partial charge in [-0.15, -0.1) is 0 Å². The number of rotatable bonds is 32. The Morgan fingerprint density at radius 2 is 0.556 bits per heavy atom. The monoisotopic (exact) mass is 977 g/mol. The number of benzene rings is 6. The quantitative estimate of drug-likeness (QED) is 0.0229. The van der Waals surface area contributed by atoms with Gasteiger partial charge in [-0.1, -0.05) is 142 Å². The molecule has 0 saturated heterocycles. The maximum absolute atomic E-state index is 13.2. The molecule has 10 nitrogen and oxygen atoms in total. The van der Waals surface area contributed by atoms with E-state index in [9.17, 15) is 19.2 Å². The first-order valence-corrected chi connectivity index (χ1v) is 26.4. The molecule has 72 heavy (non-hydrogen) atoms. The predicted molar refractivity (Wildman–Crippen MR) is 284 cm³/mol. The molecule has 0 amide bonds. The summed E-state index contributed by atoms with van der Waals surface area (Å²) in [6.45, 7) is 5.78. The van der Waals surface area contributed by atoms with Crippen LogP contribution in [0.1, 0.15) is 184 Å². The Labute approximate surface area is 426 Å². The van der Waals surface area contributed by atoms with E-state index in [-0.39, 0.29) is 28.4 Å². The fourth-order valence-corrected chi connectivity index (χ4v) is 8.25. The Kier molecular flexibility index (Phi) is 23.2. The van der Waals surface area contributed by atoms with Crippen molar-refractivity contribution in [3.05, 3.63) is 156 Å². The van der Waals surface area contributed by atoms with Crippen LogP contribution < -0.4 is 28.4 Å². The average molecular weight is 977 g/mol. The highest BCUT2D eigenvalue weighted by Gasteiger charge is 2.16. The molecule has 0 fully saturated rings. The lowest BCUT2D eigenvalue weighted by Crippen LogP contribution is -2.11. The predicted octanol–water partition coefficient (Wildman–Crippen LogP) is 16.3. The smallest absolute Gasteiger partial charge is 0.343 e. The second kappa shape index (κ2) is 30.7. The van der Waals surface area contributed by atoms with Crippen molar-refractivity contribution in [3.63, 3.8) is 0 Å². The molecule has 0 aliphatic heterocycles. The van der Waals surface area contributed by atoms with Gasteiger partial charge in [0.15, 0.2) is 0 Å². The number of carbonyl (C=O) groups is 4. The fourth-order valence-electron chi connectivity index (χ4n) is 8.25. The lowest BCUT2D eigenvalue weighted by molar-refractivity contribution is 0.0719. The topological polar surface area (TPSA) is 124 Å². The highest BCUT2D eigenvalue weighted by atomic mass is 16.5. The average Bonchev–Trinajstić information content (AvgIpc) is 3.40. The van der Waals surface area contributed by atoms with Gasteiger partial charge in [-0.3, -0.25) is 0 Å². The number of hydrogen-bond acceptors (Lipinski definition) is 10. The molecule has 0 bridgehead atoms. The van der Waals surface area contributed by atoms with Crippen LogP contribution in [0.4, 0.5) is 0 Å². The van der Waals surface area contributed by atoms with Gasteiger partial charge in [-0.25, -0.2) is 19.2 Å². The van der Waals surface area contributed by atoms with Crippen LogP contribution in [0, 0.1) is 0 Å². The van der Waals surface area contributed by atoms with Gasteiger partial charge in [0, 0.05) is 0 Å². The summed E-state index contributed by atoms with van der Waals surface area (Å²) in [6.07, 6.45) is 25.3. The second-order valence-electron chi connectivity index (χ2n) is 18.4. The standard InChI is InChI=1S/C62H72O10/c1-3-5-7-9-11-13-15-17-19-21-43-67-53-32-26-48(27-33-53)59(63)69-55-34-30-50(31-35-55)61(65)72-58-38-25-47-23-24-51(45-52(47)46-58)62(66)71-56-36-28-49(29-37-56)60(64)70-57-41-39-54(40-42-57)68-44-22-20-18-16-14-12-10-8-6-4-2/h23-42,45-46H,3-22,43-44H2,1-2H3. The third kappa shape index (κ3) is 19.0. The molecule has 0 aliphatic rings. The van der Waals surface area contributed by atoms with Crippen molar-refractivity contribution in [2.75, 3.05) is 13.2 Å². The molecule has 0 radical (unpaired) electrons. The molecule has 6 aromatic carbocycles. The minimum Gasteiger partial charge on any atom is -0.494 e. The molecule has 0 N–H and O–H groups in total. The zero-order valence-electron chi connectivity index (χ0n) is 42.3. The van der Waals surface area contributed by atoms with Gasteiger partial charge in [0.1, 0.15) is 34.5 Å². The Bertz CT molecular complexity index is 2570. The number of esters is 4. The molecule has 0 unspecified atom stereocenters. The molecule has 0 heterocycles. The Balaban J connectivity index is 0.890. The third-order valence-electron chi connectivity index (χ3n) is 12.5. The van der Waals surface area contributed by atoms with Crippen LogP contribution in [0.5, 0.6) is 34.5 Å². The normalized spacial score (nSPS) is 11.0. The molecular weight excluding hydrogens is 905 g/mol. The van der Waals surface area contributed by atoms with E-state index in [1.165, 1.54) is 151 Å². The van der Waals surface area contributed by atoms with E-state index < -0.39 is 23.9 Å². The SMILES string of the molecule is CCCCCCCCCCCCOc1ccc(OC(=O)c2ccc(OC(=O)c3ccc4ccc(OC(=O)c5ccc(OC(=O)c6ccc(OCCCCCCCCCCCC)cc6)cc5)cc4c3)cc2)cc1. The molecular formula is C62H72O10. The van der Waals surface area contributed by atoms with E-state index >= 15 is 0 Å². The minimum atomic E-state index is -0.610. The van der Waals surface area contributed by atoms with Gasteiger partial charge in [-0.2, -0.15) is 0 Å². The molecule has 0 spiro atoms. The van der Waals surface area contributed by atoms with E-state index in [2.05, 4.69) is 13.8 Å². The summed E-state index contributed by atoms with van der Waals surface area (Å²) in [5.41, 5.74) is 1.20. The summed E-state index contributed by atoms with van der Waals surface area (Å²) in [5.74, 6) is 0.334. The van der Waals surface area contributed by atoms with Gasteiger partial charge in [-0.05, 0) is 145 Å². The van der Waals surface area contributed by atoms with Crippen molar-refractivity contribution in [3.8, 4) is 34.5 Å². The Hall–Kier alpha value is -6.94. The van der Waals surface area contributed by atoms with Crippen LogP contribution in [-0.2, 0) is 0 Å². The summed E-state index contributed by atoms with van der Waals surface area (Å²) in [7, 11) is 0. The van der Waals surface area contributed by atoms with Crippen LogP contribution in [0.25, 0.3) is 10.8 Å². The molecule has 0 aromatic heterocycles. The Morgan fingerprint density at radius 1 is 0.278 bits per heavy atom. The summed E-state index contributed by atoms with van der Waals surface area (Å²) in [6, 6.07) is 36.3. The first-order valence-electron chi connectivity index (χ1n) is 26.4. The lowest BCUT2D eigenvalue weighted by atomic mass is 10.1. The van der Waals surface area contributed by atoms with E-state index in [0.717, 1.165) is 36.8 Å². The van der Waals surface area contributed by atoms with Gasteiger partial charge in [0.2, 0.25) is 0 Å². The van der Waals surface area contributed by atoms with Crippen molar-refractivity contribution in [1.82, 2.24) is 0 Å². The molecule has 0 atom stereocenters. The zero-order valence-corrected chi connectivity index (χ0v) is 42.3. The summed E-state index contributed by atoms with van der Waals surface area (Å²) in [5, 5.41) is 1.47. The van der Waals surface area contributed by atoms with Gasteiger partial charge in [0.05, 0.1) is 35.5 Å². The summed E-state index contributed by atoms with van der Waals surface area (Å²) < 4.78 is 34.2. The number of unbranched alkanes of at least 4 members (excludes halogenated alkanes) is 18. The summed E-state index contributed by atoms with van der Waals surface area (Å²) >= 11 is 0. The number of carbonyl (C=O) groups excluding carboxylic acids is 4. The van der Waals surface area contributed by atoms with Crippen LogP contribution in [0.3, 0.4) is 0 Å². The summed E-state index contributed by atoms with van der Waals surface area (Å²) in [4.78, 5) is 52.1. The van der Waals surface area contributed by atoms with Crippen molar-refractivity contribution in [2.45, 2.75) is 142 Å². The van der Waals surface area contributed by atoms with Crippen molar-refractivity contribution >= 4 is 34.6 Å².